The fraction of sp³-hybridized carbons (Fsp3) is 0.750. The molecule has 4 aliphatic rings. The standard InChI is InChI=1S/C32H50N2O15/c1-3-21-28(48-29-25(46-18-33-2)32(43,44)24(37)23(16-36)47-29)45-17-22(27(40)49-30(41)8-5-4-6-9-30)31(21,42)10-7-19-13-20(26(38)39)15-34(14-19)11-12-35/h3,7,10,17,19-21,23-25,28-29,33,35-37,41-44H,1,4-6,8-9,11-16,18H2,2H3,(H,38,39)/p+1/t19?,20?,21-,23+,24+,25+,28+,29-,31+/m0/s1. The molecule has 0 aromatic carbocycles. The van der Waals surface area contributed by atoms with Gasteiger partial charge in [-0.2, -0.15) is 0 Å². The largest absolute Gasteiger partial charge is 0.550 e. The molecule has 10 atom stereocenters. The van der Waals surface area contributed by atoms with E-state index in [0.717, 1.165) is 17.6 Å². The second-order valence-electron chi connectivity index (χ2n) is 13.3. The van der Waals surface area contributed by atoms with E-state index < -0.39 is 89.9 Å². The minimum Gasteiger partial charge on any atom is -0.550 e. The molecule has 0 spiro atoms. The first-order chi connectivity index (χ1) is 23.2. The minimum atomic E-state index is -2.96. The van der Waals surface area contributed by atoms with Gasteiger partial charge in [-0.15, -0.1) is 6.58 Å². The molecule has 0 radical (unpaired) electrons. The molecule has 1 saturated carbocycles. The molecule has 3 heterocycles. The van der Waals surface area contributed by atoms with Gasteiger partial charge in [0, 0.05) is 24.7 Å². The number of nitrogens with one attached hydrogen (secondary N) is 1. The first-order valence-electron chi connectivity index (χ1n) is 16.7. The van der Waals surface area contributed by atoms with Crippen LogP contribution in [0.5, 0.6) is 0 Å². The molecule has 49 heavy (non-hydrogen) atoms. The maximum atomic E-state index is 13.7. The zero-order valence-electron chi connectivity index (χ0n) is 27.6. The van der Waals surface area contributed by atoms with E-state index in [1.165, 1.54) is 12.2 Å². The van der Waals surface area contributed by atoms with Crippen molar-refractivity contribution in [3.05, 3.63) is 36.6 Å². The van der Waals surface area contributed by atoms with Crippen molar-refractivity contribution >= 4 is 11.9 Å². The molecule has 0 aromatic heterocycles. The van der Waals surface area contributed by atoms with Crippen LogP contribution in [0.3, 0.4) is 0 Å². The Balaban J connectivity index is 1.70. The van der Waals surface area contributed by atoms with Crippen LogP contribution in [-0.2, 0) is 33.3 Å². The second kappa shape index (κ2) is 16.7. The lowest BCUT2D eigenvalue weighted by molar-refractivity contribution is -0.911. The first-order valence-corrected chi connectivity index (χ1v) is 16.7. The van der Waals surface area contributed by atoms with Crippen molar-refractivity contribution in [2.24, 2.45) is 17.8 Å². The summed E-state index contributed by atoms with van der Waals surface area (Å²) >= 11 is 0. The summed E-state index contributed by atoms with van der Waals surface area (Å²) < 4.78 is 28.4. The second-order valence-corrected chi connectivity index (χ2v) is 13.3. The average Bonchev–Trinajstić information content (AvgIpc) is 3.05. The maximum Gasteiger partial charge on any atom is 0.342 e. The Morgan fingerprint density at radius 3 is 2.47 bits per heavy atom. The summed E-state index contributed by atoms with van der Waals surface area (Å²) in [7, 11) is 1.63. The highest BCUT2D eigenvalue weighted by molar-refractivity contribution is 5.91. The number of ether oxygens (including phenoxy) is 5. The number of carbonyl (C=O) groups is 2. The molecule has 17 nitrogen and oxygen atoms in total. The number of quaternary nitrogens is 2. The van der Waals surface area contributed by atoms with Gasteiger partial charge in [0.05, 0.1) is 45.2 Å². The lowest BCUT2D eigenvalue weighted by Crippen LogP contribution is -3.15. The van der Waals surface area contributed by atoms with Gasteiger partial charge in [-0.25, -0.2) is 4.79 Å². The van der Waals surface area contributed by atoms with Gasteiger partial charge < -0.3 is 79.5 Å². The van der Waals surface area contributed by atoms with E-state index in [-0.39, 0.29) is 45.7 Å². The third-order valence-corrected chi connectivity index (χ3v) is 9.69. The number of nitrogens with two attached hydrogens (primary N) is 1. The van der Waals surface area contributed by atoms with Gasteiger partial charge in [-0.1, -0.05) is 24.6 Å². The Kier molecular flexibility index (Phi) is 13.4. The molecule has 3 aliphatic heterocycles. The summed E-state index contributed by atoms with van der Waals surface area (Å²) in [5.41, 5.74) is -2.74. The number of hydrogen-bond acceptors (Lipinski definition) is 15. The third kappa shape index (κ3) is 8.87. The van der Waals surface area contributed by atoms with Gasteiger partial charge in [-0.3, -0.25) is 0 Å². The van der Waals surface area contributed by atoms with Gasteiger partial charge >= 0.3 is 5.97 Å². The van der Waals surface area contributed by atoms with E-state index in [1.54, 1.807) is 18.4 Å². The Labute approximate surface area is 284 Å². The first kappa shape index (κ1) is 39.3. The predicted molar refractivity (Wildman–Crippen MR) is 162 cm³/mol. The van der Waals surface area contributed by atoms with Crippen LogP contribution in [0.25, 0.3) is 0 Å². The van der Waals surface area contributed by atoms with Gasteiger partial charge in [0.15, 0.2) is 19.1 Å². The number of aliphatic hydroxyl groups excluding tert-OH is 3. The van der Waals surface area contributed by atoms with Crippen molar-refractivity contribution < 1.29 is 84.3 Å². The van der Waals surface area contributed by atoms with E-state index >= 15 is 0 Å². The Hall–Kier alpha value is -2.52. The number of piperidine rings is 1. The summed E-state index contributed by atoms with van der Waals surface area (Å²) in [5.74, 6) is -9.72. The summed E-state index contributed by atoms with van der Waals surface area (Å²) in [4.78, 5) is 26.3. The minimum absolute atomic E-state index is 0.126. The van der Waals surface area contributed by atoms with Crippen molar-refractivity contribution in [1.29, 1.82) is 0 Å². The van der Waals surface area contributed by atoms with Gasteiger partial charge in [0.1, 0.15) is 36.2 Å². The number of hydrogen-bond donors (Lipinski definition) is 9. The van der Waals surface area contributed by atoms with Gasteiger partial charge in [-0.05, 0) is 19.3 Å². The van der Waals surface area contributed by atoms with E-state index in [9.17, 15) is 50.4 Å². The van der Waals surface area contributed by atoms with E-state index in [0.29, 0.717) is 19.4 Å². The molecule has 4 rings (SSSR count). The van der Waals surface area contributed by atoms with Crippen LogP contribution in [0.2, 0.25) is 0 Å². The quantitative estimate of drug-likeness (QED) is 0.0463. The third-order valence-electron chi connectivity index (χ3n) is 9.69. The van der Waals surface area contributed by atoms with Crippen LogP contribution < -0.4 is 15.3 Å². The molecule has 0 bridgehead atoms. The summed E-state index contributed by atoms with van der Waals surface area (Å²) in [6.07, 6.45) is -1.00. The highest BCUT2D eigenvalue weighted by Gasteiger charge is 2.59. The van der Waals surface area contributed by atoms with Crippen LogP contribution in [0.1, 0.15) is 38.5 Å². The normalized spacial score (nSPS) is 37.6. The number of carbonyl (C=O) groups excluding carboxylic acids is 2. The highest BCUT2D eigenvalue weighted by Crippen LogP contribution is 2.42. The molecule has 2 saturated heterocycles. The SMILES string of the molecule is C=C[C@H]1[C@@H](O[C@@H]2O[C@H](CO)[C@@H](O)C(O)(O)[C@@H]2OC[NH2+]C)OC=C(C(=O)OC2(O)CCCCC2)[C@@]1(O)C=CC1CC(C(=O)[O-])C[NH+](CCO)C1. The maximum absolute atomic E-state index is 13.7. The number of aliphatic carboxylic acids is 1. The molecule has 1 aliphatic carbocycles. The highest BCUT2D eigenvalue weighted by atomic mass is 16.8. The molecular weight excluding hydrogens is 652 g/mol. The zero-order valence-corrected chi connectivity index (χ0v) is 27.6. The Morgan fingerprint density at radius 1 is 1.14 bits per heavy atom. The Morgan fingerprint density at radius 2 is 1.86 bits per heavy atom. The molecule has 3 unspecified atom stereocenters. The number of esters is 1. The van der Waals surface area contributed by atoms with Crippen LogP contribution in [-0.4, -0.2) is 142 Å². The van der Waals surface area contributed by atoms with Crippen molar-refractivity contribution in [3.8, 4) is 0 Å². The topological polar surface area (TPSA) is 266 Å². The van der Waals surface area contributed by atoms with Gasteiger partial charge in [0.2, 0.25) is 17.9 Å². The number of likely N-dealkylation sites (tertiary alicyclic amines) is 1. The van der Waals surface area contributed by atoms with E-state index in [4.69, 9.17) is 23.7 Å². The lowest BCUT2D eigenvalue weighted by atomic mass is 9.77. The smallest absolute Gasteiger partial charge is 0.342 e. The van der Waals surface area contributed by atoms with Crippen LogP contribution in [0.4, 0.5) is 0 Å². The molecule has 17 heteroatoms. The molecule has 278 valence electrons. The summed E-state index contributed by atoms with van der Waals surface area (Å²) in [6, 6.07) is 0. The van der Waals surface area contributed by atoms with Crippen LogP contribution in [0, 0.1) is 17.8 Å². The van der Waals surface area contributed by atoms with E-state index in [1.807, 2.05) is 0 Å². The fourth-order valence-corrected chi connectivity index (χ4v) is 7.00. The van der Waals surface area contributed by atoms with Crippen molar-refractivity contribution in [2.75, 3.05) is 46.6 Å². The number of rotatable bonds is 14. The van der Waals surface area contributed by atoms with Crippen LogP contribution >= 0.6 is 0 Å². The number of carboxylic acid groups (broad SMARTS) is 1. The number of carboxylic acids is 1. The Bertz CT molecular complexity index is 1210. The average molecular weight is 704 g/mol. The summed E-state index contributed by atoms with van der Waals surface area (Å²) in [5, 5.41) is 88.1. The molecule has 0 amide bonds. The fourth-order valence-electron chi connectivity index (χ4n) is 7.00. The number of aliphatic hydroxyl groups is 7. The monoisotopic (exact) mass is 703 g/mol. The van der Waals surface area contributed by atoms with Crippen LogP contribution in [0.15, 0.2) is 36.6 Å². The lowest BCUT2D eigenvalue weighted by Gasteiger charge is -2.48. The molecule has 3 fully saturated rings. The van der Waals surface area contributed by atoms with Crippen molar-refractivity contribution in [3.63, 3.8) is 0 Å². The predicted octanol–water partition coefficient (Wildman–Crippen LogP) is -5.91. The van der Waals surface area contributed by atoms with Crippen molar-refractivity contribution in [1.82, 2.24) is 0 Å². The van der Waals surface area contributed by atoms with Crippen molar-refractivity contribution in [2.45, 2.75) is 86.6 Å². The summed E-state index contributed by atoms with van der Waals surface area (Å²) in [6.45, 7) is 3.60. The van der Waals surface area contributed by atoms with Gasteiger partial charge in [0.25, 0.3) is 0 Å². The molecule has 0 aromatic rings. The molecular formula is C32H51N2O15+. The zero-order chi connectivity index (χ0) is 36.0. The molecule has 10 N–H and O–H groups in total. The van der Waals surface area contributed by atoms with E-state index in [2.05, 4.69) is 6.58 Å².